The maximum atomic E-state index is 6.32. The smallest absolute Gasteiger partial charge is 0.150 e. The van der Waals surface area contributed by atoms with Crippen LogP contribution in [0.1, 0.15) is 12.0 Å². The van der Waals surface area contributed by atoms with Crippen molar-refractivity contribution in [2.24, 2.45) is 0 Å². The van der Waals surface area contributed by atoms with Crippen LogP contribution in [0, 0.1) is 0 Å². The highest BCUT2D eigenvalue weighted by atomic mass is 35.5. The molecule has 1 aliphatic rings. The van der Waals surface area contributed by atoms with Gasteiger partial charge in [-0.3, -0.25) is 5.32 Å². The van der Waals surface area contributed by atoms with Gasteiger partial charge < -0.3 is 4.74 Å². The van der Waals surface area contributed by atoms with Gasteiger partial charge in [-0.1, -0.05) is 47.5 Å². The number of benzene rings is 2. The second-order valence-corrected chi connectivity index (χ2v) is 5.64. The average molecular weight is 345 g/mol. The average Bonchev–Trinajstić information content (AvgIpc) is 2.47. The van der Waals surface area contributed by atoms with Crippen LogP contribution in [0.4, 0.5) is 0 Å². The minimum atomic E-state index is 0. The summed E-state index contributed by atoms with van der Waals surface area (Å²) in [5.74, 6) is 0.883. The summed E-state index contributed by atoms with van der Waals surface area (Å²) in [5.41, 5.74) is 2.99. The van der Waals surface area contributed by atoms with E-state index in [4.69, 9.17) is 27.9 Å². The molecule has 1 aliphatic heterocycles. The van der Waals surface area contributed by atoms with Crippen molar-refractivity contribution in [2.45, 2.75) is 19.1 Å². The van der Waals surface area contributed by atoms with Gasteiger partial charge >= 0.3 is 0 Å². The molecule has 0 bridgehead atoms. The van der Waals surface area contributed by atoms with Gasteiger partial charge in [0, 0.05) is 17.5 Å². The zero-order valence-corrected chi connectivity index (χ0v) is 13.9. The predicted molar refractivity (Wildman–Crippen MR) is 90.9 cm³/mol. The van der Waals surface area contributed by atoms with Crippen molar-refractivity contribution in [3.8, 4) is 16.9 Å². The zero-order chi connectivity index (χ0) is 14.1. The molecule has 1 atom stereocenters. The molecule has 1 unspecified atom stereocenters. The van der Waals surface area contributed by atoms with Crippen molar-refractivity contribution in [3.63, 3.8) is 0 Å². The molecule has 0 radical (unpaired) electrons. The quantitative estimate of drug-likeness (QED) is 0.832. The molecule has 0 saturated heterocycles. The summed E-state index contributed by atoms with van der Waals surface area (Å²) in [6.45, 7) is 0. The summed E-state index contributed by atoms with van der Waals surface area (Å²) in [6.07, 6.45) is 1.98. The molecule has 2 aromatic carbocycles. The lowest BCUT2D eigenvalue weighted by atomic mass is 9.97. The Hall–Kier alpha value is -0.930. The molecule has 0 saturated carbocycles. The first kappa shape index (κ1) is 16.4. The Morgan fingerprint density at radius 2 is 1.76 bits per heavy atom. The number of hydrogen-bond acceptors (Lipinski definition) is 2. The lowest BCUT2D eigenvalue weighted by Gasteiger charge is -2.28. The number of fused-ring (bicyclic) bond motifs is 1. The minimum absolute atomic E-state index is 0. The zero-order valence-electron chi connectivity index (χ0n) is 11.5. The fourth-order valence-corrected chi connectivity index (χ4v) is 3.16. The molecule has 0 fully saturated rings. The molecule has 0 spiro atoms. The number of rotatable bonds is 2. The molecular weight excluding hydrogens is 329 g/mol. The highest BCUT2D eigenvalue weighted by Gasteiger charge is 2.23. The SMILES string of the molecule is CNC1CCc2cccc(-c3c(Cl)cccc3Cl)c2O1.Cl. The number of para-hydroxylation sites is 1. The van der Waals surface area contributed by atoms with E-state index in [0.717, 1.165) is 29.7 Å². The van der Waals surface area contributed by atoms with Crippen molar-refractivity contribution in [2.75, 3.05) is 7.05 Å². The molecule has 112 valence electrons. The highest BCUT2D eigenvalue weighted by molar-refractivity contribution is 6.39. The number of ether oxygens (including phenoxy) is 1. The van der Waals surface area contributed by atoms with E-state index < -0.39 is 0 Å². The normalized spacial score (nSPS) is 16.6. The first-order valence-electron chi connectivity index (χ1n) is 6.61. The third kappa shape index (κ3) is 3.14. The number of hydrogen-bond donors (Lipinski definition) is 1. The molecule has 1 N–H and O–H groups in total. The predicted octanol–water partition coefficient (Wildman–Crippen LogP) is 4.95. The molecule has 21 heavy (non-hydrogen) atoms. The van der Waals surface area contributed by atoms with Crippen LogP contribution in [0.2, 0.25) is 10.0 Å². The second-order valence-electron chi connectivity index (χ2n) is 4.82. The van der Waals surface area contributed by atoms with Crippen LogP contribution >= 0.6 is 35.6 Å². The Kier molecular flexibility index (Phi) is 5.39. The summed E-state index contributed by atoms with van der Waals surface area (Å²) in [7, 11) is 1.90. The van der Waals surface area contributed by atoms with Gasteiger partial charge in [-0.25, -0.2) is 0 Å². The third-order valence-electron chi connectivity index (χ3n) is 3.59. The van der Waals surface area contributed by atoms with Crippen molar-refractivity contribution in [3.05, 3.63) is 52.0 Å². The molecule has 5 heteroatoms. The van der Waals surface area contributed by atoms with Crippen LogP contribution in [-0.2, 0) is 6.42 Å². The van der Waals surface area contributed by atoms with Gasteiger partial charge in [-0.15, -0.1) is 12.4 Å². The second kappa shape index (κ2) is 6.89. The Bertz CT molecular complexity index is 625. The largest absolute Gasteiger partial charge is 0.474 e. The van der Waals surface area contributed by atoms with Gasteiger partial charge in [-0.05, 0) is 31.2 Å². The van der Waals surface area contributed by atoms with Gasteiger partial charge in [0.25, 0.3) is 0 Å². The molecule has 2 aromatic rings. The van der Waals surface area contributed by atoms with Crippen LogP contribution in [-0.4, -0.2) is 13.3 Å². The lowest BCUT2D eigenvalue weighted by Crippen LogP contribution is -2.34. The lowest BCUT2D eigenvalue weighted by molar-refractivity contribution is 0.148. The molecule has 0 aliphatic carbocycles. The topological polar surface area (TPSA) is 21.3 Å². The standard InChI is InChI=1S/C16H15Cl2NO.ClH/c1-19-14-9-8-10-4-2-5-11(16(10)20-14)15-12(17)6-3-7-13(15)18;/h2-7,14,19H,8-9H2,1H3;1H. The van der Waals surface area contributed by atoms with E-state index >= 15 is 0 Å². The Morgan fingerprint density at radius 1 is 1.10 bits per heavy atom. The Balaban J connectivity index is 0.00000161. The van der Waals surface area contributed by atoms with E-state index in [9.17, 15) is 0 Å². The van der Waals surface area contributed by atoms with E-state index in [2.05, 4.69) is 11.4 Å². The number of aryl methyl sites for hydroxylation is 1. The monoisotopic (exact) mass is 343 g/mol. The Labute approximate surface area is 140 Å². The van der Waals surface area contributed by atoms with Gasteiger partial charge in [-0.2, -0.15) is 0 Å². The van der Waals surface area contributed by atoms with E-state index in [1.54, 1.807) is 0 Å². The Morgan fingerprint density at radius 3 is 2.43 bits per heavy atom. The summed E-state index contributed by atoms with van der Waals surface area (Å²) in [6, 6.07) is 11.7. The van der Waals surface area contributed by atoms with Gasteiger partial charge in [0.05, 0.1) is 10.0 Å². The molecular formula is C16H16Cl3NO. The molecule has 0 aromatic heterocycles. The van der Waals surface area contributed by atoms with Crippen LogP contribution in [0.3, 0.4) is 0 Å². The van der Waals surface area contributed by atoms with E-state index in [-0.39, 0.29) is 18.6 Å². The molecule has 3 rings (SSSR count). The summed E-state index contributed by atoms with van der Waals surface area (Å²) in [5, 5.41) is 4.44. The third-order valence-corrected chi connectivity index (χ3v) is 4.22. The molecule has 0 amide bonds. The van der Waals surface area contributed by atoms with Crippen molar-refractivity contribution >= 4 is 35.6 Å². The first-order valence-corrected chi connectivity index (χ1v) is 7.36. The van der Waals surface area contributed by atoms with Crippen LogP contribution in [0.15, 0.2) is 36.4 Å². The summed E-state index contributed by atoms with van der Waals surface area (Å²) in [4.78, 5) is 0. The van der Waals surface area contributed by atoms with Gasteiger partial charge in [0.2, 0.25) is 0 Å². The minimum Gasteiger partial charge on any atom is -0.474 e. The van der Waals surface area contributed by atoms with Crippen molar-refractivity contribution in [1.82, 2.24) is 5.32 Å². The number of halogens is 3. The van der Waals surface area contributed by atoms with Crippen molar-refractivity contribution in [1.29, 1.82) is 0 Å². The van der Waals surface area contributed by atoms with Crippen molar-refractivity contribution < 1.29 is 4.74 Å². The van der Waals surface area contributed by atoms with E-state index in [0.29, 0.717) is 10.0 Å². The summed E-state index contributed by atoms with van der Waals surface area (Å²) < 4.78 is 6.05. The molecule has 1 heterocycles. The van der Waals surface area contributed by atoms with E-state index in [1.165, 1.54) is 5.56 Å². The maximum Gasteiger partial charge on any atom is 0.150 e. The maximum absolute atomic E-state index is 6.32. The first-order chi connectivity index (χ1) is 9.70. The highest BCUT2D eigenvalue weighted by Crippen LogP contribution is 2.43. The van der Waals surface area contributed by atoms with Crippen LogP contribution < -0.4 is 10.1 Å². The fourth-order valence-electron chi connectivity index (χ4n) is 2.56. The van der Waals surface area contributed by atoms with E-state index in [1.807, 2.05) is 37.4 Å². The van der Waals surface area contributed by atoms with Gasteiger partial charge in [0.15, 0.2) is 0 Å². The summed E-state index contributed by atoms with van der Waals surface area (Å²) >= 11 is 12.6. The van der Waals surface area contributed by atoms with Gasteiger partial charge in [0.1, 0.15) is 12.0 Å². The molecule has 2 nitrogen and oxygen atoms in total. The fraction of sp³-hybridized carbons (Fsp3) is 0.250. The van der Waals surface area contributed by atoms with Crippen LogP contribution in [0.5, 0.6) is 5.75 Å². The van der Waals surface area contributed by atoms with Crippen LogP contribution in [0.25, 0.3) is 11.1 Å². The number of nitrogens with one attached hydrogen (secondary N) is 1.